The molecular formula is C18H36Cl2N6S. The van der Waals surface area contributed by atoms with Crippen molar-refractivity contribution >= 4 is 48.1 Å². The average molecular weight is 440 g/mol. The van der Waals surface area contributed by atoms with Gasteiger partial charge in [-0.2, -0.15) is 0 Å². The highest BCUT2D eigenvalue weighted by Crippen LogP contribution is 2.21. The van der Waals surface area contributed by atoms with Crippen molar-refractivity contribution < 1.29 is 0 Å². The summed E-state index contributed by atoms with van der Waals surface area (Å²) in [5, 5.41) is 0. The zero-order valence-corrected chi connectivity index (χ0v) is 18.5. The van der Waals surface area contributed by atoms with E-state index < -0.39 is 0 Å². The maximum atomic E-state index is 5.31. The standard InChI is InChI=1S/C18H34N6S.2ClH/c19-17(20)23-13-7-4-2-1-3-5-9-15-11-12-16(25-15)10-6-8-14-24-18(21)22;;/h11-12H,1-10,13-14H2,(H4,19,20,23)(H4,21,22,24);2*1H. The molecule has 1 heterocycles. The quantitative estimate of drug-likeness (QED) is 0.201. The summed E-state index contributed by atoms with van der Waals surface area (Å²) in [7, 11) is 0. The number of nitrogens with two attached hydrogens (primary N) is 4. The summed E-state index contributed by atoms with van der Waals surface area (Å²) >= 11 is 1.95. The number of aliphatic imine (C=N–C) groups is 2. The number of nitrogens with zero attached hydrogens (tertiary/aromatic N) is 2. The molecule has 1 aromatic heterocycles. The van der Waals surface area contributed by atoms with E-state index in [2.05, 4.69) is 22.1 Å². The van der Waals surface area contributed by atoms with E-state index in [0.29, 0.717) is 0 Å². The Kier molecular flexibility index (Phi) is 18.9. The predicted molar refractivity (Wildman–Crippen MR) is 125 cm³/mol. The van der Waals surface area contributed by atoms with Crippen molar-refractivity contribution in [3.05, 3.63) is 21.9 Å². The lowest BCUT2D eigenvalue weighted by atomic mass is 10.1. The fourth-order valence-electron chi connectivity index (χ4n) is 2.64. The van der Waals surface area contributed by atoms with Gasteiger partial charge in [-0.1, -0.05) is 25.7 Å². The van der Waals surface area contributed by atoms with Crippen LogP contribution in [0.15, 0.2) is 22.1 Å². The van der Waals surface area contributed by atoms with E-state index in [9.17, 15) is 0 Å². The first-order valence-electron chi connectivity index (χ1n) is 9.26. The van der Waals surface area contributed by atoms with Gasteiger partial charge in [0.25, 0.3) is 0 Å². The molecule has 9 heteroatoms. The summed E-state index contributed by atoms with van der Waals surface area (Å²) in [6.45, 7) is 1.48. The molecule has 0 aliphatic rings. The highest BCUT2D eigenvalue weighted by atomic mass is 35.5. The van der Waals surface area contributed by atoms with E-state index in [0.717, 1.165) is 38.8 Å². The van der Waals surface area contributed by atoms with Crippen LogP contribution in [0.25, 0.3) is 0 Å². The number of hydrogen-bond donors (Lipinski definition) is 4. The third-order valence-electron chi connectivity index (χ3n) is 3.97. The van der Waals surface area contributed by atoms with Gasteiger partial charge in [-0.25, -0.2) is 0 Å². The first-order chi connectivity index (χ1) is 12.1. The molecule has 0 aliphatic carbocycles. The van der Waals surface area contributed by atoms with Crippen LogP contribution in [0.5, 0.6) is 0 Å². The van der Waals surface area contributed by atoms with Gasteiger partial charge in [0.15, 0.2) is 11.9 Å². The average Bonchev–Trinajstić information content (AvgIpc) is 3.00. The van der Waals surface area contributed by atoms with Crippen molar-refractivity contribution in [3.8, 4) is 0 Å². The normalized spacial score (nSPS) is 9.78. The number of thiophene rings is 1. The van der Waals surface area contributed by atoms with Crippen LogP contribution >= 0.6 is 36.2 Å². The van der Waals surface area contributed by atoms with Crippen LogP contribution in [0.4, 0.5) is 0 Å². The van der Waals surface area contributed by atoms with Gasteiger partial charge in [0.2, 0.25) is 0 Å². The molecule has 0 atom stereocenters. The molecule has 0 fully saturated rings. The summed E-state index contributed by atoms with van der Waals surface area (Å²) in [6, 6.07) is 4.55. The lowest BCUT2D eigenvalue weighted by Gasteiger charge is -2.01. The second kappa shape index (κ2) is 18.2. The van der Waals surface area contributed by atoms with Gasteiger partial charge in [0.05, 0.1) is 0 Å². The van der Waals surface area contributed by atoms with Gasteiger partial charge in [-0.3, -0.25) is 9.98 Å². The van der Waals surface area contributed by atoms with Gasteiger partial charge in [-0.05, 0) is 50.7 Å². The molecule has 27 heavy (non-hydrogen) atoms. The smallest absolute Gasteiger partial charge is 0.185 e. The third kappa shape index (κ3) is 16.7. The summed E-state index contributed by atoms with van der Waals surface area (Å²) in [5.41, 5.74) is 21.2. The number of hydrogen-bond acceptors (Lipinski definition) is 3. The molecule has 8 N–H and O–H groups in total. The van der Waals surface area contributed by atoms with Crippen LogP contribution in [-0.2, 0) is 12.8 Å². The van der Waals surface area contributed by atoms with Crippen molar-refractivity contribution in [1.29, 1.82) is 0 Å². The van der Waals surface area contributed by atoms with Gasteiger partial charge in [0.1, 0.15) is 0 Å². The molecule has 1 aromatic rings. The van der Waals surface area contributed by atoms with Crippen LogP contribution in [-0.4, -0.2) is 25.0 Å². The van der Waals surface area contributed by atoms with E-state index in [1.165, 1.54) is 48.3 Å². The monoisotopic (exact) mass is 438 g/mol. The maximum absolute atomic E-state index is 5.31. The number of halogens is 2. The summed E-state index contributed by atoms with van der Waals surface area (Å²) in [5.74, 6) is 0.385. The fourth-order valence-corrected chi connectivity index (χ4v) is 3.74. The molecule has 6 nitrogen and oxygen atoms in total. The highest BCUT2D eigenvalue weighted by molar-refractivity contribution is 7.11. The largest absolute Gasteiger partial charge is 0.370 e. The van der Waals surface area contributed by atoms with E-state index >= 15 is 0 Å². The lowest BCUT2D eigenvalue weighted by molar-refractivity contribution is 0.599. The SMILES string of the molecule is Cl.Cl.NC(N)=NCCCCCCCCc1ccc(CCCCN=C(N)N)s1. The Morgan fingerprint density at radius 2 is 1.00 bits per heavy atom. The molecule has 158 valence electrons. The first-order valence-corrected chi connectivity index (χ1v) is 10.1. The van der Waals surface area contributed by atoms with E-state index in [1.54, 1.807) is 0 Å². The van der Waals surface area contributed by atoms with Crippen LogP contribution in [0.2, 0.25) is 0 Å². The van der Waals surface area contributed by atoms with E-state index in [1.807, 2.05) is 11.3 Å². The Morgan fingerprint density at radius 3 is 1.48 bits per heavy atom. The summed E-state index contributed by atoms with van der Waals surface area (Å²) in [4.78, 5) is 11.0. The van der Waals surface area contributed by atoms with Crippen LogP contribution in [0.3, 0.4) is 0 Å². The third-order valence-corrected chi connectivity index (χ3v) is 5.17. The molecule has 0 radical (unpaired) electrons. The van der Waals surface area contributed by atoms with Crippen LogP contribution in [0.1, 0.15) is 61.1 Å². The molecule has 0 aromatic carbocycles. The van der Waals surface area contributed by atoms with Crippen molar-refractivity contribution in [1.82, 2.24) is 0 Å². The van der Waals surface area contributed by atoms with Gasteiger partial charge >= 0.3 is 0 Å². The molecule has 0 saturated carbocycles. The highest BCUT2D eigenvalue weighted by Gasteiger charge is 2.01. The minimum Gasteiger partial charge on any atom is -0.370 e. The molecule has 1 rings (SSSR count). The molecule has 0 unspecified atom stereocenters. The Hall–Kier alpha value is -1.18. The van der Waals surface area contributed by atoms with Gasteiger partial charge < -0.3 is 22.9 Å². The first kappa shape index (κ1) is 28.0. The fraction of sp³-hybridized carbons (Fsp3) is 0.667. The predicted octanol–water partition coefficient (Wildman–Crippen LogP) is 3.34. The molecule has 0 amide bonds. The topological polar surface area (TPSA) is 129 Å². The van der Waals surface area contributed by atoms with Crippen molar-refractivity contribution in [2.45, 2.75) is 64.2 Å². The molecule has 0 saturated heterocycles. The molecule has 0 aliphatic heterocycles. The van der Waals surface area contributed by atoms with E-state index in [-0.39, 0.29) is 36.7 Å². The maximum Gasteiger partial charge on any atom is 0.185 e. The Bertz CT molecular complexity index is 526. The minimum absolute atomic E-state index is 0. The lowest BCUT2D eigenvalue weighted by Crippen LogP contribution is -2.22. The summed E-state index contributed by atoms with van der Waals surface area (Å²) in [6.07, 6.45) is 11.9. The van der Waals surface area contributed by atoms with E-state index in [4.69, 9.17) is 22.9 Å². The Balaban J connectivity index is 0. The Morgan fingerprint density at radius 1 is 0.630 bits per heavy atom. The van der Waals surface area contributed by atoms with Crippen LogP contribution in [0, 0.1) is 0 Å². The van der Waals surface area contributed by atoms with Crippen LogP contribution < -0.4 is 22.9 Å². The van der Waals surface area contributed by atoms with Crippen molar-refractivity contribution in [2.75, 3.05) is 13.1 Å². The second-order valence-corrected chi connectivity index (χ2v) is 7.56. The van der Waals surface area contributed by atoms with Crippen molar-refractivity contribution in [2.24, 2.45) is 32.9 Å². The zero-order chi connectivity index (χ0) is 18.3. The number of aryl methyl sites for hydroxylation is 2. The van der Waals surface area contributed by atoms with Crippen molar-refractivity contribution in [3.63, 3.8) is 0 Å². The van der Waals surface area contributed by atoms with Gasteiger partial charge in [-0.15, -0.1) is 36.2 Å². The second-order valence-electron chi connectivity index (χ2n) is 6.31. The minimum atomic E-state index is 0. The zero-order valence-electron chi connectivity index (χ0n) is 16.1. The molecular weight excluding hydrogens is 403 g/mol. The van der Waals surface area contributed by atoms with Gasteiger partial charge in [0, 0.05) is 22.8 Å². The number of unbranched alkanes of at least 4 members (excludes halogenated alkanes) is 6. The number of rotatable bonds is 14. The summed E-state index contributed by atoms with van der Waals surface area (Å²) < 4.78 is 0. The molecule has 0 spiro atoms. The Labute approximate surface area is 180 Å². The molecule has 0 bridgehead atoms. The number of guanidine groups is 2.